The van der Waals surface area contributed by atoms with Gasteiger partial charge < -0.3 is 15.4 Å². The number of nitrogens with one attached hydrogen (secondary N) is 2. The van der Waals surface area contributed by atoms with Crippen LogP contribution in [0.25, 0.3) is 0 Å². The lowest BCUT2D eigenvalue weighted by atomic mass is 10.1. The van der Waals surface area contributed by atoms with Gasteiger partial charge in [-0.15, -0.1) is 0 Å². The highest BCUT2D eigenvalue weighted by Gasteiger charge is 2.15. The zero-order valence-corrected chi connectivity index (χ0v) is 12.6. The van der Waals surface area contributed by atoms with Crippen LogP contribution in [0.5, 0.6) is 0 Å². The van der Waals surface area contributed by atoms with Crippen LogP contribution in [0.3, 0.4) is 0 Å². The van der Waals surface area contributed by atoms with Gasteiger partial charge in [-0.1, -0.05) is 0 Å². The van der Waals surface area contributed by atoms with Crippen LogP contribution in [0.15, 0.2) is 22.7 Å². The molecular weight excluding hydrogens is 322 g/mol. The Labute approximate surface area is 126 Å². The maximum Gasteiger partial charge on any atom is 0.239 e. The van der Waals surface area contributed by atoms with E-state index in [9.17, 15) is 4.79 Å². The number of carbonyl (C=O) groups excluding carboxylic acids is 1. The van der Waals surface area contributed by atoms with Crippen LogP contribution in [0.2, 0.25) is 0 Å². The fourth-order valence-corrected chi connectivity index (χ4v) is 2.54. The summed E-state index contributed by atoms with van der Waals surface area (Å²) in [4.78, 5) is 11.8. The number of nitrogens with zero attached hydrogens (tertiary/aromatic N) is 1. The van der Waals surface area contributed by atoms with Gasteiger partial charge in [0.1, 0.15) is 0 Å². The first-order valence-corrected chi connectivity index (χ1v) is 7.29. The maximum atomic E-state index is 11.8. The fourth-order valence-electron chi connectivity index (χ4n) is 2.02. The van der Waals surface area contributed by atoms with Crippen LogP contribution in [-0.2, 0) is 9.53 Å². The Hall–Kier alpha value is -1.58. The van der Waals surface area contributed by atoms with Crippen LogP contribution in [0.4, 0.5) is 5.69 Å². The largest absolute Gasteiger partial charge is 0.381 e. The van der Waals surface area contributed by atoms with Crippen molar-refractivity contribution in [3.63, 3.8) is 0 Å². The molecule has 0 bridgehead atoms. The first kappa shape index (κ1) is 14.8. The van der Waals surface area contributed by atoms with Gasteiger partial charge >= 0.3 is 0 Å². The summed E-state index contributed by atoms with van der Waals surface area (Å²) in [5, 5.41) is 14.8. The molecule has 1 saturated heterocycles. The van der Waals surface area contributed by atoms with Gasteiger partial charge in [0.05, 0.1) is 18.2 Å². The molecule has 6 heteroatoms. The second kappa shape index (κ2) is 7.27. The predicted molar refractivity (Wildman–Crippen MR) is 79.3 cm³/mol. The lowest BCUT2D eigenvalue weighted by molar-refractivity contribution is -0.120. The van der Waals surface area contributed by atoms with Crippen LogP contribution >= 0.6 is 15.9 Å². The van der Waals surface area contributed by atoms with Crippen LogP contribution in [0, 0.1) is 11.3 Å². The summed E-state index contributed by atoms with van der Waals surface area (Å²) in [7, 11) is 0. The van der Waals surface area contributed by atoms with Crippen molar-refractivity contribution >= 4 is 27.5 Å². The standard InChI is InChI=1S/C14H16BrN3O2/c15-12-7-10(8-16)1-2-13(12)17-9-14(19)18-11-3-5-20-6-4-11/h1-2,7,11,17H,3-6,9H2,(H,18,19). The van der Waals surface area contributed by atoms with Crippen molar-refractivity contribution in [1.29, 1.82) is 5.26 Å². The first-order valence-electron chi connectivity index (χ1n) is 6.49. The van der Waals surface area contributed by atoms with Crippen LogP contribution < -0.4 is 10.6 Å². The Morgan fingerprint density at radius 3 is 2.85 bits per heavy atom. The van der Waals surface area contributed by atoms with E-state index in [4.69, 9.17) is 10.00 Å². The molecule has 1 heterocycles. The average molecular weight is 338 g/mol. The number of halogens is 1. The van der Waals surface area contributed by atoms with E-state index in [0.717, 1.165) is 23.0 Å². The van der Waals surface area contributed by atoms with Gasteiger partial charge in [0.15, 0.2) is 0 Å². The molecule has 2 rings (SSSR count). The van der Waals surface area contributed by atoms with Crippen molar-refractivity contribution in [2.45, 2.75) is 18.9 Å². The molecular formula is C14H16BrN3O2. The normalized spacial score (nSPS) is 15.4. The highest BCUT2D eigenvalue weighted by molar-refractivity contribution is 9.10. The minimum Gasteiger partial charge on any atom is -0.381 e. The Morgan fingerprint density at radius 2 is 2.20 bits per heavy atom. The molecule has 20 heavy (non-hydrogen) atoms. The molecule has 0 spiro atoms. The molecule has 0 aromatic heterocycles. The van der Waals surface area contributed by atoms with E-state index in [1.165, 1.54) is 0 Å². The highest BCUT2D eigenvalue weighted by atomic mass is 79.9. The number of anilines is 1. The molecule has 1 aromatic carbocycles. The SMILES string of the molecule is N#Cc1ccc(NCC(=O)NC2CCOCC2)c(Br)c1. The number of hydrogen-bond donors (Lipinski definition) is 2. The molecule has 0 atom stereocenters. The second-order valence-electron chi connectivity index (χ2n) is 4.61. The average Bonchev–Trinajstić information content (AvgIpc) is 2.47. The van der Waals surface area contributed by atoms with E-state index >= 15 is 0 Å². The number of hydrogen-bond acceptors (Lipinski definition) is 4. The third-order valence-electron chi connectivity index (χ3n) is 3.12. The van der Waals surface area contributed by atoms with Crippen molar-refractivity contribution in [2.24, 2.45) is 0 Å². The zero-order chi connectivity index (χ0) is 14.4. The Kier molecular flexibility index (Phi) is 5.39. The molecule has 0 aliphatic carbocycles. The molecule has 0 unspecified atom stereocenters. The van der Waals surface area contributed by atoms with Gasteiger partial charge in [-0.2, -0.15) is 5.26 Å². The topological polar surface area (TPSA) is 74.2 Å². The molecule has 1 aliphatic rings. The van der Waals surface area contributed by atoms with Crippen molar-refractivity contribution < 1.29 is 9.53 Å². The first-order chi connectivity index (χ1) is 9.69. The minimum absolute atomic E-state index is 0.0341. The smallest absolute Gasteiger partial charge is 0.239 e. The zero-order valence-electron chi connectivity index (χ0n) is 11.0. The summed E-state index contributed by atoms with van der Waals surface area (Å²) in [6.07, 6.45) is 1.73. The Bertz CT molecular complexity index is 522. The predicted octanol–water partition coefficient (Wildman–Crippen LogP) is 2.03. The fraction of sp³-hybridized carbons (Fsp3) is 0.429. The van der Waals surface area contributed by atoms with E-state index < -0.39 is 0 Å². The summed E-state index contributed by atoms with van der Waals surface area (Å²) in [5.74, 6) is -0.0341. The van der Waals surface area contributed by atoms with Crippen molar-refractivity contribution in [2.75, 3.05) is 25.1 Å². The number of carbonyl (C=O) groups is 1. The monoisotopic (exact) mass is 337 g/mol. The number of amides is 1. The summed E-state index contributed by atoms with van der Waals surface area (Å²) in [5.41, 5.74) is 1.38. The summed E-state index contributed by atoms with van der Waals surface area (Å²) in [6.45, 7) is 1.63. The molecule has 106 valence electrons. The summed E-state index contributed by atoms with van der Waals surface area (Å²) in [6, 6.07) is 7.49. The highest BCUT2D eigenvalue weighted by Crippen LogP contribution is 2.23. The van der Waals surface area contributed by atoms with Crippen molar-refractivity contribution in [3.8, 4) is 6.07 Å². The van der Waals surface area contributed by atoms with Gasteiger partial charge in [0.2, 0.25) is 5.91 Å². The van der Waals surface area contributed by atoms with Gasteiger partial charge in [-0.25, -0.2) is 0 Å². The molecule has 1 fully saturated rings. The number of ether oxygens (including phenoxy) is 1. The number of rotatable bonds is 4. The third-order valence-corrected chi connectivity index (χ3v) is 3.78. The lowest BCUT2D eigenvalue weighted by Gasteiger charge is -2.23. The van der Waals surface area contributed by atoms with Gasteiger partial charge in [0.25, 0.3) is 0 Å². The molecule has 1 aliphatic heterocycles. The molecule has 2 N–H and O–H groups in total. The summed E-state index contributed by atoms with van der Waals surface area (Å²) >= 11 is 3.37. The van der Waals surface area contributed by atoms with Crippen LogP contribution in [0.1, 0.15) is 18.4 Å². The second-order valence-corrected chi connectivity index (χ2v) is 5.47. The van der Waals surface area contributed by atoms with Crippen molar-refractivity contribution in [1.82, 2.24) is 5.32 Å². The lowest BCUT2D eigenvalue weighted by Crippen LogP contribution is -2.41. The van der Waals surface area contributed by atoms with E-state index in [-0.39, 0.29) is 18.5 Å². The van der Waals surface area contributed by atoms with Gasteiger partial charge in [-0.05, 0) is 47.0 Å². The number of nitriles is 1. The van der Waals surface area contributed by atoms with Crippen molar-refractivity contribution in [3.05, 3.63) is 28.2 Å². The molecule has 0 saturated carbocycles. The maximum absolute atomic E-state index is 11.8. The molecule has 1 aromatic rings. The van der Waals surface area contributed by atoms with E-state index in [0.29, 0.717) is 18.8 Å². The van der Waals surface area contributed by atoms with E-state index in [2.05, 4.69) is 32.6 Å². The minimum atomic E-state index is -0.0341. The Morgan fingerprint density at radius 1 is 1.45 bits per heavy atom. The van der Waals surface area contributed by atoms with Gasteiger partial charge in [-0.3, -0.25) is 4.79 Å². The Balaban J connectivity index is 1.82. The van der Waals surface area contributed by atoms with Crippen LogP contribution in [-0.4, -0.2) is 31.7 Å². The van der Waals surface area contributed by atoms with E-state index in [1.54, 1.807) is 18.2 Å². The molecule has 1 amide bonds. The van der Waals surface area contributed by atoms with Gasteiger partial charge in [0, 0.05) is 29.4 Å². The molecule has 5 nitrogen and oxygen atoms in total. The third kappa shape index (κ3) is 4.22. The summed E-state index contributed by atoms with van der Waals surface area (Å²) < 4.78 is 6.02. The number of benzene rings is 1. The van der Waals surface area contributed by atoms with E-state index in [1.807, 2.05) is 0 Å². The molecule has 0 radical (unpaired) electrons. The quantitative estimate of drug-likeness (QED) is 0.881.